The molecule has 0 amide bonds. The summed E-state index contributed by atoms with van der Waals surface area (Å²) >= 11 is 6.16. The first-order valence-corrected chi connectivity index (χ1v) is 6.27. The van der Waals surface area contributed by atoms with E-state index in [9.17, 15) is 0 Å². The molecule has 2 aromatic rings. The Balaban J connectivity index is 2.50. The molecule has 1 N–H and O–H groups in total. The molecule has 0 saturated heterocycles. The summed E-state index contributed by atoms with van der Waals surface area (Å²) in [7, 11) is 0. The van der Waals surface area contributed by atoms with Gasteiger partial charge in [0.25, 0.3) is 0 Å². The average Bonchev–Trinajstić information content (AvgIpc) is 2.81. The molecular formula is C12H15ClN4O. The second-order valence-corrected chi connectivity index (χ2v) is 4.28. The molecule has 0 aromatic carbocycles. The Morgan fingerprint density at radius 2 is 2.11 bits per heavy atom. The number of aryl methyl sites for hydroxylation is 2. The molecular weight excluding hydrogens is 252 g/mol. The molecule has 6 heteroatoms. The van der Waals surface area contributed by atoms with Gasteiger partial charge in [0.05, 0.1) is 11.6 Å². The lowest BCUT2D eigenvalue weighted by molar-refractivity contribution is 0.281. The summed E-state index contributed by atoms with van der Waals surface area (Å²) in [4.78, 5) is 8.66. The highest BCUT2D eigenvalue weighted by Crippen LogP contribution is 2.20. The zero-order valence-electron chi connectivity index (χ0n) is 10.4. The van der Waals surface area contributed by atoms with Crippen LogP contribution in [0.2, 0.25) is 5.02 Å². The van der Waals surface area contributed by atoms with Crippen LogP contribution in [0, 0.1) is 0 Å². The largest absolute Gasteiger partial charge is 0.392 e. The van der Waals surface area contributed by atoms with E-state index in [4.69, 9.17) is 16.7 Å². The lowest BCUT2D eigenvalue weighted by Crippen LogP contribution is -2.06. The fraction of sp³-hybridized carbons (Fsp3) is 0.417. The molecule has 2 heterocycles. The zero-order chi connectivity index (χ0) is 13.1. The van der Waals surface area contributed by atoms with Crippen LogP contribution in [0.1, 0.15) is 31.1 Å². The molecule has 2 aromatic heterocycles. The molecule has 0 saturated carbocycles. The predicted molar refractivity (Wildman–Crippen MR) is 68.8 cm³/mol. The maximum absolute atomic E-state index is 9.03. The van der Waals surface area contributed by atoms with Gasteiger partial charge in [-0.1, -0.05) is 25.4 Å². The fourth-order valence-corrected chi connectivity index (χ4v) is 1.92. The number of hydrogen-bond donors (Lipinski definition) is 1. The van der Waals surface area contributed by atoms with Crippen molar-refractivity contribution in [2.24, 2.45) is 0 Å². The predicted octanol–water partition coefficient (Wildman–Crippen LogP) is 1.93. The van der Waals surface area contributed by atoms with Crippen LogP contribution in [0.4, 0.5) is 0 Å². The lowest BCUT2D eigenvalue weighted by atomic mass is 10.3. The summed E-state index contributed by atoms with van der Waals surface area (Å²) in [5.41, 5.74) is 0.678. The molecule has 0 unspecified atom stereocenters. The smallest absolute Gasteiger partial charge is 0.174 e. The van der Waals surface area contributed by atoms with E-state index in [1.807, 2.05) is 13.8 Å². The second kappa shape index (κ2) is 5.46. The molecule has 18 heavy (non-hydrogen) atoms. The minimum Gasteiger partial charge on any atom is -0.392 e. The molecule has 5 nitrogen and oxygen atoms in total. The summed E-state index contributed by atoms with van der Waals surface area (Å²) in [6.45, 7) is 3.93. The van der Waals surface area contributed by atoms with E-state index in [0.29, 0.717) is 16.4 Å². The van der Waals surface area contributed by atoms with Crippen LogP contribution in [-0.2, 0) is 19.4 Å². The van der Waals surface area contributed by atoms with E-state index in [-0.39, 0.29) is 6.61 Å². The topological polar surface area (TPSA) is 63.8 Å². The fourth-order valence-electron chi connectivity index (χ4n) is 1.65. The van der Waals surface area contributed by atoms with Gasteiger partial charge in [-0.25, -0.2) is 9.97 Å². The molecule has 0 spiro atoms. The van der Waals surface area contributed by atoms with Gasteiger partial charge in [0.1, 0.15) is 5.82 Å². The van der Waals surface area contributed by atoms with Crippen LogP contribution in [0.15, 0.2) is 12.3 Å². The van der Waals surface area contributed by atoms with Crippen molar-refractivity contribution in [1.82, 2.24) is 19.7 Å². The van der Waals surface area contributed by atoms with Crippen molar-refractivity contribution >= 4 is 11.6 Å². The molecule has 0 aliphatic carbocycles. The van der Waals surface area contributed by atoms with Gasteiger partial charge in [0.2, 0.25) is 0 Å². The van der Waals surface area contributed by atoms with Gasteiger partial charge in [0, 0.05) is 19.0 Å². The Morgan fingerprint density at radius 1 is 1.33 bits per heavy atom. The van der Waals surface area contributed by atoms with Crippen molar-refractivity contribution in [2.45, 2.75) is 33.3 Å². The summed E-state index contributed by atoms with van der Waals surface area (Å²) in [5.74, 6) is 2.16. The molecule has 0 radical (unpaired) electrons. The van der Waals surface area contributed by atoms with Crippen molar-refractivity contribution in [3.63, 3.8) is 0 Å². The van der Waals surface area contributed by atoms with E-state index in [1.54, 1.807) is 16.9 Å². The van der Waals surface area contributed by atoms with Crippen molar-refractivity contribution in [1.29, 1.82) is 0 Å². The summed E-state index contributed by atoms with van der Waals surface area (Å²) < 4.78 is 1.67. The number of hydrogen-bond acceptors (Lipinski definition) is 4. The Bertz CT molecular complexity index is 553. The number of halogens is 1. The number of aromatic nitrogens is 4. The van der Waals surface area contributed by atoms with Crippen LogP contribution in [0.25, 0.3) is 5.82 Å². The lowest BCUT2D eigenvalue weighted by Gasteiger charge is -2.06. The number of nitrogens with zero attached hydrogens (tertiary/aromatic N) is 4. The molecule has 0 fully saturated rings. The Labute approximate surface area is 110 Å². The second-order valence-electron chi connectivity index (χ2n) is 3.87. The van der Waals surface area contributed by atoms with E-state index in [2.05, 4.69) is 15.1 Å². The third-order valence-electron chi connectivity index (χ3n) is 2.61. The molecule has 96 valence electrons. The van der Waals surface area contributed by atoms with Gasteiger partial charge in [-0.05, 0) is 11.6 Å². The maximum atomic E-state index is 9.03. The normalized spacial score (nSPS) is 10.9. The molecule has 0 atom stereocenters. The Kier molecular flexibility index (Phi) is 3.93. The van der Waals surface area contributed by atoms with Gasteiger partial charge in [0.15, 0.2) is 11.6 Å². The molecule has 0 aliphatic heterocycles. The molecule has 0 aliphatic rings. The van der Waals surface area contributed by atoms with Crippen molar-refractivity contribution in [2.75, 3.05) is 0 Å². The SMILES string of the molecule is CCc1nc(CC)n(-c2ncc(CO)cc2Cl)n1. The van der Waals surface area contributed by atoms with Crippen LogP contribution >= 0.6 is 11.6 Å². The zero-order valence-corrected chi connectivity index (χ0v) is 11.1. The minimum atomic E-state index is -0.0782. The van der Waals surface area contributed by atoms with E-state index >= 15 is 0 Å². The Hall–Kier alpha value is -1.46. The third kappa shape index (κ3) is 2.37. The molecule has 0 bridgehead atoms. The minimum absolute atomic E-state index is 0.0782. The molecule has 2 rings (SSSR count). The first-order valence-electron chi connectivity index (χ1n) is 5.90. The van der Waals surface area contributed by atoms with Gasteiger partial charge >= 0.3 is 0 Å². The Morgan fingerprint density at radius 3 is 2.67 bits per heavy atom. The van der Waals surface area contributed by atoms with Crippen molar-refractivity contribution < 1.29 is 5.11 Å². The highest BCUT2D eigenvalue weighted by Gasteiger charge is 2.13. The highest BCUT2D eigenvalue weighted by atomic mass is 35.5. The van der Waals surface area contributed by atoms with Crippen molar-refractivity contribution in [3.8, 4) is 5.82 Å². The van der Waals surface area contributed by atoms with E-state index in [1.165, 1.54) is 0 Å². The highest BCUT2D eigenvalue weighted by molar-refractivity contribution is 6.32. The monoisotopic (exact) mass is 266 g/mol. The maximum Gasteiger partial charge on any atom is 0.174 e. The van der Waals surface area contributed by atoms with Gasteiger partial charge < -0.3 is 5.11 Å². The van der Waals surface area contributed by atoms with Crippen LogP contribution in [0.3, 0.4) is 0 Å². The summed E-state index contributed by atoms with van der Waals surface area (Å²) in [6, 6.07) is 1.69. The van der Waals surface area contributed by atoms with Gasteiger partial charge in [-0.15, -0.1) is 5.10 Å². The average molecular weight is 267 g/mol. The van der Waals surface area contributed by atoms with Crippen LogP contribution in [0.5, 0.6) is 0 Å². The third-order valence-corrected chi connectivity index (χ3v) is 2.89. The van der Waals surface area contributed by atoms with E-state index in [0.717, 1.165) is 24.5 Å². The van der Waals surface area contributed by atoms with Crippen LogP contribution < -0.4 is 0 Å². The van der Waals surface area contributed by atoms with E-state index < -0.39 is 0 Å². The first kappa shape index (κ1) is 13.0. The standard InChI is InChI=1S/C12H15ClN4O/c1-3-10-15-11(4-2)17(16-10)12-9(13)5-8(7-18)6-14-12/h5-6,18H,3-4,7H2,1-2H3. The number of pyridine rings is 1. The summed E-state index contributed by atoms with van der Waals surface area (Å²) in [6.07, 6.45) is 3.12. The van der Waals surface area contributed by atoms with Gasteiger partial charge in [-0.3, -0.25) is 0 Å². The first-order chi connectivity index (χ1) is 8.69. The van der Waals surface area contributed by atoms with Gasteiger partial charge in [-0.2, -0.15) is 4.68 Å². The quantitative estimate of drug-likeness (QED) is 0.918. The number of aliphatic hydroxyl groups excluding tert-OH is 1. The number of aliphatic hydroxyl groups is 1. The van der Waals surface area contributed by atoms with Crippen LogP contribution in [-0.4, -0.2) is 24.9 Å². The van der Waals surface area contributed by atoms with Crippen molar-refractivity contribution in [3.05, 3.63) is 34.5 Å². The number of rotatable bonds is 4. The summed E-state index contributed by atoms with van der Waals surface area (Å²) in [5, 5.41) is 13.9.